The Kier molecular flexibility index (Phi) is 5.52. The molecular weight excluding hydrogens is 378 g/mol. The zero-order valence-electron chi connectivity index (χ0n) is 17.3. The quantitative estimate of drug-likeness (QED) is 0.641. The number of para-hydroxylation sites is 1. The normalized spacial score (nSPS) is 15.4. The van der Waals surface area contributed by atoms with Crippen molar-refractivity contribution in [1.29, 1.82) is 0 Å². The van der Waals surface area contributed by atoms with Crippen LogP contribution in [-0.4, -0.2) is 27.3 Å². The minimum absolute atomic E-state index is 0.194. The highest BCUT2D eigenvalue weighted by Gasteiger charge is 2.35. The molecule has 4 rings (SSSR count). The van der Waals surface area contributed by atoms with Gasteiger partial charge in [-0.05, 0) is 38.5 Å². The number of hydrogen-bond donors (Lipinski definition) is 2. The van der Waals surface area contributed by atoms with Crippen molar-refractivity contribution in [2.75, 3.05) is 17.2 Å². The summed E-state index contributed by atoms with van der Waals surface area (Å²) in [5.41, 5.74) is 4.04. The fourth-order valence-electron chi connectivity index (χ4n) is 3.56. The van der Waals surface area contributed by atoms with Gasteiger partial charge in [0.25, 0.3) is 5.91 Å². The highest BCUT2D eigenvalue weighted by Crippen LogP contribution is 2.39. The first kappa shape index (κ1) is 19.7. The number of nitrogens with one attached hydrogen (secondary N) is 2. The third-order valence-corrected chi connectivity index (χ3v) is 5.02. The summed E-state index contributed by atoms with van der Waals surface area (Å²) in [4.78, 5) is 17.7. The van der Waals surface area contributed by atoms with E-state index in [0.29, 0.717) is 18.1 Å². The number of aromatic nitrogens is 3. The third kappa shape index (κ3) is 3.78. The second-order valence-corrected chi connectivity index (χ2v) is 7.30. The zero-order valence-corrected chi connectivity index (χ0v) is 17.3. The number of benzene rings is 2. The maximum atomic E-state index is 13.4. The SMILES string of the molecule is CCCOc1ccccc1C1C(C(=O)Nc2ccc(C)cc2)=C(C)Nc2ncnn21. The standard InChI is InChI=1S/C23H25N5O2/c1-4-13-30-19-8-6-5-7-18(19)21-20(16(3)26-23-24-14-25-28(21)23)22(29)27-17-11-9-15(2)10-12-17/h5-12,14,21H,4,13H2,1-3H3,(H,27,29)(H,24,25,26). The summed E-state index contributed by atoms with van der Waals surface area (Å²) in [5.74, 6) is 1.14. The van der Waals surface area contributed by atoms with Gasteiger partial charge < -0.3 is 15.4 Å². The van der Waals surface area contributed by atoms with Gasteiger partial charge in [-0.25, -0.2) is 4.68 Å². The Morgan fingerprint density at radius 3 is 2.70 bits per heavy atom. The molecule has 0 radical (unpaired) electrons. The van der Waals surface area contributed by atoms with Crippen molar-refractivity contribution >= 4 is 17.5 Å². The van der Waals surface area contributed by atoms with Gasteiger partial charge in [-0.3, -0.25) is 4.79 Å². The number of nitrogens with zero attached hydrogens (tertiary/aromatic N) is 3. The summed E-state index contributed by atoms with van der Waals surface area (Å²) in [7, 11) is 0. The van der Waals surface area contributed by atoms with Gasteiger partial charge in [-0.15, -0.1) is 0 Å². The Hall–Kier alpha value is -3.61. The average Bonchev–Trinajstić information content (AvgIpc) is 3.21. The molecule has 7 nitrogen and oxygen atoms in total. The lowest BCUT2D eigenvalue weighted by molar-refractivity contribution is -0.113. The van der Waals surface area contributed by atoms with Gasteiger partial charge in [0.2, 0.25) is 5.95 Å². The molecule has 7 heteroatoms. The maximum Gasteiger partial charge on any atom is 0.255 e. The second-order valence-electron chi connectivity index (χ2n) is 7.30. The van der Waals surface area contributed by atoms with Crippen molar-refractivity contribution in [3.05, 3.63) is 77.3 Å². The lowest BCUT2D eigenvalue weighted by Gasteiger charge is -2.29. The lowest BCUT2D eigenvalue weighted by atomic mass is 9.94. The molecule has 0 spiro atoms. The number of fused-ring (bicyclic) bond motifs is 1. The van der Waals surface area contributed by atoms with Crippen LogP contribution >= 0.6 is 0 Å². The van der Waals surface area contributed by atoms with Crippen LogP contribution in [0.25, 0.3) is 0 Å². The average molecular weight is 403 g/mol. The predicted octanol–water partition coefficient (Wildman–Crippen LogP) is 4.30. The van der Waals surface area contributed by atoms with Gasteiger partial charge in [0, 0.05) is 16.9 Å². The molecule has 1 aromatic heterocycles. The van der Waals surface area contributed by atoms with Crippen LogP contribution in [0.3, 0.4) is 0 Å². The Balaban J connectivity index is 1.76. The molecule has 0 bridgehead atoms. The first-order valence-corrected chi connectivity index (χ1v) is 10.1. The molecule has 2 N–H and O–H groups in total. The summed E-state index contributed by atoms with van der Waals surface area (Å²) in [6, 6.07) is 15.0. The van der Waals surface area contributed by atoms with Crippen molar-refractivity contribution in [3.8, 4) is 5.75 Å². The van der Waals surface area contributed by atoms with Gasteiger partial charge in [0.15, 0.2) is 0 Å². The zero-order chi connectivity index (χ0) is 21.1. The molecule has 3 aromatic rings. The van der Waals surface area contributed by atoms with Crippen LogP contribution in [0.4, 0.5) is 11.6 Å². The van der Waals surface area contributed by atoms with Crippen molar-refractivity contribution in [2.24, 2.45) is 0 Å². The molecule has 0 fully saturated rings. The van der Waals surface area contributed by atoms with E-state index in [2.05, 4.69) is 27.6 Å². The van der Waals surface area contributed by atoms with E-state index in [-0.39, 0.29) is 5.91 Å². The van der Waals surface area contributed by atoms with Crippen molar-refractivity contribution in [3.63, 3.8) is 0 Å². The molecule has 1 unspecified atom stereocenters. The molecular formula is C23H25N5O2. The molecule has 1 atom stereocenters. The minimum Gasteiger partial charge on any atom is -0.493 e. The Morgan fingerprint density at radius 1 is 1.17 bits per heavy atom. The van der Waals surface area contributed by atoms with Crippen LogP contribution in [-0.2, 0) is 4.79 Å². The van der Waals surface area contributed by atoms with E-state index in [9.17, 15) is 4.79 Å². The first-order valence-electron chi connectivity index (χ1n) is 10.1. The Morgan fingerprint density at radius 2 is 1.93 bits per heavy atom. The van der Waals surface area contributed by atoms with Crippen LogP contribution in [0.5, 0.6) is 5.75 Å². The molecule has 154 valence electrons. The fraction of sp³-hybridized carbons (Fsp3) is 0.261. The highest BCUT2D eigenvalue weighted by molar-refractivity contribution is 6.06. The number of ether oxygens (including phenoxy) is 1. The minimum atomic E-state index is -0.456. The molecule has 1 amide bonds. The summed E-state index contributed by atoms with van der Waals surface area (Å²) in [5, 5.41) is 10.6. The van der Waals surface area contributed by atoms with E-state index in [1.54, 1.807) is 4.68 Å². The van der Waals surface area contributed by atoms with Crippen LogP contribution in [0.2, 0.25) is 0 Å². The fourth-order valence-corrected chi connectivity index (χ4v) is 3.56. The number of allylic oxidation sites excluding steroid dienone is 1. The van der Waals surface area contributed by atoms with E-state index in [1.807, 2.05) is 62.4 Å². The molecule has 30 heavy (non-hydrogen) atoms. The molecule has 0 saturated carbocycles. The number of anilines is 2. The van der Waals surface area contributed by atoms with Gasteiger partial charge in [0.1, 0.15) is 18.1 Å². The number of amides is 1. The predicted molar refractivity (Wildman–Crippen MR) is 117 cm³/mol. The van der Waals surface area contributed by atoms with Gasteiger partial charge in [-0.2, -0.15) is 10.1 Å². The highest BCUT2D eigenvalue weighted by atomic mass is 16.5. The third-order valence-electron chi connectivity index (χ3n) is 5.02. The maximum absolute atomic E-state index is 13.4. The second kappa shape index (κ2) is 8.41. The monoisotopic (exact) mass is 403 g/mol. The number of aryl methyl sites for hydroxylation is 1. The smallest absolute Gasteiger partial charge is 0.255 e. The van der Waals surface area contributed by atoms with Gasteiger partial charge in [0.05, 0.1) is 12.2 Å². The van der Waals surface area contributed by atoms with Crippen molar-refractivity contribution < 1.29 is 9.53 Å². The molecule has 1 aliphatic rings. The van der Waals surface area contributed by atoms with Crippen LogP contribution < -0.4 is 15.4 Å². The first-order chi connectivity index (χ1) is 14.6. The molecule has 2 heterocycles. The van der Waals surface area contributed by atoms with E-state index in [4.69, 9.17) is 4.74 Å². The van der Waals surface area contributed by atoms with Gasteiger partial charge in [-0.1, -0.05) is 42.8 Å². The number of rotatable bonds is 6. The van der Waals surface area contributed by atoms with Gasteiger partial charge >= 0.3 is 0 Å². The summed E-state index contributed by atoms with van der Waals surface area (Å²) in [6.07, 6.45) is 2.38. The van der Waals surface area contributed by atoms with E-state index in [1.165, 1.54) is 6.33 Å². The van der Waals surface area contributed by atoms with E-state index < -0.39 is 6.04 Å². The largest absolute Gasteiger partial charge is 0.493 e. The topological polar surface area (TPSA) is 81.1 Å². The van der Waals surface area contributed by atoms with Crippen LogP contribution in [0.15, 0.2) is 66.1 Å². The molecule has 0 aliphatic carbocycles. The number of hydrogen-bond acceptors (Lipinski definition) is 5. The van der Waals surface area contributed by atoms with Crippen LogP contribution in [0.1, 0.15) is 37.4 Å². The van der Waals surface area contributed by atoms with Crippen molar-refractivity contribution in [1.82, 2.24) is 14.8 Å². The van der Waals surface area contributed by atoms with Crippen molar-refractivity contribution in [2.45, 2.75) is 33.2 Å². The summed E-state index contributed by atoms with van der Waals surface area (Å²) < 4.78 is 7.72. The Labute approximate surface area is 175 Å². The Bertz CT molecular complexity index is 1080. The molecule has 0 saturated heterocycles. The van der Waals surface area contributed by atoms with E-state index in [0.717, 1.165) is 34.7 Å². The molecule has 2 aromatic carbocycles. The number of carbonyl (C=O) groups excluding carboxylic acids is 1. The number of carbonyl (C=O) groups is 1. The summed E-state index contributed by atoms with van der Waals surface area (Å²) in [6.45, 7) is 6.55. The van der Waals surface area contributed by atoms with E-state index >= 15 is 0 Å². The summed E-state index contributed by atoms with van der Waals surface area (Å²) >= 11 is 0. The molecule has 1 aliphatic heterocycles. The van der Waals surface area contributed by atoms with Crippen LogP contribution in [0, 0.1) is 6.92 Å². The lowest BCUT2D eigenvalue weighted by Crippen LogP contribution is -2.31.